The van der Waals surface area contributed by atoms with Gasteiger partial charge in [0.15, 0.2) is 5.82 Å². The lowest BCUT2D eigenvalue weighted by Gasteiger charge is -2.26. The van der Waals surface area contributed by atoms with Crippen LogP contribution in [0.15, 0.2) is 6.20 Å². The molecule has 2 aliphatic rings. The van der Waals surface area contributed by atoms with E-state index in [9.17, 15) is 0 Å². The normalized spacial score (nSPS) is 23.6. The van der Waals surface area contributed by atoms with E-state index in [-0.39, 0.29) is 0 Å². The Morgan fingerprint density at radius 2 is 2.16 bits per heavy atom. The minimum atomic E-state index is 0.313. The number of anilines is 2. The van der Waals surface area contributed by atoms with Gasteiger partial charge in [0.25, 0.3) is 0 Å². The van der Waals surface area contributed by atoms with E-state index in [1.807, 2.05) is 0 Å². The maximum Gasteiger partial charge on any atom is 0.247 e. The first-order valence-corrected chi connectivity index (χ1v) is 7.22. The third-order valence-electron chi connectivity index (χ3n) is 3.72. The van der Waals surface area contributed by atoms with E-state index in [1.54, 1.807) is 6.20 Å². The Balaban J connectivity index is 1.58. The molecule has 1 aromatic rings. The molecule has 19 heavy (non-hydrogen) atoms. The predicted molar refractivity (Wildman–Crippen MR) is 73.4 cm³/mol. The summed E-state index contributed by atoms with van der Waals surface area (Å²) in [6.45, 7) is 3.76. The molecule has 0 aromatic carbocycles. The van der Waals surface area contributed by atoms with Crippen LogP contribution in [0.2, 0.25) is 0 Å². The van der Waals surface area contributed by atoms with Crippen LogP contribution in [0.3, 0.4) is 0 Å². The van der Waals surface area contributed by atoms with E-state index in [1.165, 1.54) is 19.3 Å². The van der Waals surface area contributed by atoms with Crippen LogP contribution in [-0.2, 0) is 4.74 Å². The van der Waals surface area contributed by atoms with Gasteiger partial charge in [-0.1, -0.05) is 0 Å². The summed E-state index contributed by atoms with van der Waals surface area (Å²) in [7, 11) is 0. The molecule has 1 aromatic heterocycles. The van der Waals surface area contributed by atoms with Crippen LogP contribution in [0.4, 0.5) is 11.8 Å². The quantitative estimate of drug-likeness (QED) is 0.887. The molecule has 0 bridgehead atoms. The van der Waals surface area contributed by atoms with Crippen LogP contribution >= 0.6 is 0 Å². The molecule has 0 saturated carbocycles. The first kappa shape index (κ1) is 12.6. The second-order valence-corrected chi connectivity index (χ2v) is 5.21. The number of nitrogens with zero attached hydrogens (tertiary/aromatic N) is 4. The number of hydrogen-bond acceptors (Lipinski definition) is 6. The lowest BCUT2D eigenvalue weighted by atomic mass is 10.1. The molecule has 0 radical (unpaired) electrons. The minimum Gasteiger partial charge on any atom is -0.376 e. The summed E-state index contributed by atoms with van der Waals surface area (Å²) < 4.78 is 5.58. The number of ether oxygens (including phenoxy) is 1. The van der Waals surface area contributed by atoms with Gasteiger partial charge in [-0.3, -0.25) is 0 Å². The third-order valence-corrected chi connectivity index (χ3v) is 3.72. The summed E-state index contributed by atoms with van der Waals surface area (Å²) in [4.78, 5) is 6.76. The highest BCUT2D eigenvalue weighted by molar-refractivity contribution is 5.39. The smallest absolute Gasteiger partial charge is 0.247 e. The molecule has 0 spiro atoms. The maximum absolute atomic E-state index is 5.58. The van der Waals surface area contributed by atoms with Gasteiger partial charge in [-0.2, -0.15) is 10.1 Å². The summed E-state index contributed by atoms with van der Waals surface area (Å²) >= 11 is 0. The van der Waals surface area contributed by atoms with Crippen molar-refractivity contribution in [1.82, 2.24) is 15.2 Å². The molecule has 2 saturated heterocycles. The summed E-state index contributed by atoms with van der Waals surface area (Å²) in [5.41, 5.74) is 0. The standard InChI is InChI=1S/C13H21N5O/c1-2-6-18(7-3-1)13-16-12(10-15-17-13)14-9-11-5-4-8-19-11/h10-11H,1-9H2,(H,14,16,17). The van der Waals surface area contributed by atoms with E-state index in [4.69, 9.17) is 4.74 Å². The van der Waals surface area contributed by atoms with Gasteiger partial charge < -0.3 is 15.0 Å². The van der Waals surface area contributed by atoms with Crippen LogP contribution in [0.25, 0.3) is 0 Å². The number of piperidine rings is 1. The van der Waals surface area contributed by atoms with Crippen molar-refractivity contribution in [3.8, 4) is 0 Å². The Kier molecular flexibility index (Phi) is 4.07. The molecule has 6 heteroatoms. The van der Waals surface area contributed by atoms with Crippen LogP contribution in [0, 0.1) is 0 Å². The Morgan fingerprint density at radius 3 is 2.95 bits per heavy atom. The van der Waals surface area contributed by atoms with Gasteiger partial charge in [-0.05, 0) is 32.1 Å². The number of nitrogens with one attached hydrogen (secondary N) is 1. The highest BCUT2D eigenvalue weighted by atomic mass is 16.5. The van der Waals surface area contributed by atoms with Crippen LogP contribution in [0.1, 0.15) is 32.1 Å². The van der Waals surface area contributed by atoms with Crippen LogP contribution < -0.4 is 10.2 Å². The SMILES string of the molecule is c1nnc(N2CCCCC2)nc1NCC1CCCO1. The highest BCUT2D eigenvalue weighted by Gasteiger charge is 2.17. The number of aromatic nitrogens is 3. The van der Waals surface area contributed by atoms with Gasteiger partial charge in [0.1, 0.15) is 0 Å². The lowest BCUT2D eigenvalue weighted by molar-refractivity contribution is 0.120. The number of rotatable bonds is 4. The Labute approximate surface area is 113 Å². The van der Waals surface area contributed by atoms with Crippen molar-refractivity contribution in [2.45, 2.75) is 38.2 Å². The van der Waals surface area contributed by atoms with E-state index >= 15 is 0 Å². The zero-order valence-electron chi connectivity index (χ0n) is 11.2. The Bertz CT molecular complexity index is 402. The molecule has 3 rings (SSSR count). The van der Waals surface area contributed by atoms with E-state index in [2.05, 4.69) is 25.4 Å². The molecule has 0 amide bonds. The predicted octanol–water partition coefficient (Wildman–Crippen LogP) is 1.45. The fourth-order valence-corrected chi connectivity index (χ4v) is 2.63. The molecule has 1 unspecified atom stereocenters. The largest absolute Gasteiger partial charge is 0.376 e. The molecule has 104 valence electrons. The lowest BCUT2D eigenvalue weighted by Crippen LogP contribution is -2.31. The maximum atomic E-state index is 5.58. The van der Waals surface area contributed by atoms with Crippen molar-refractivity contribution >= 4 is 11.8 Å². The van der Waals surface area contributed by atoms with Crippen molar-refractivity contribution in [2.24, 2.45) is 0 Å². The Hall–Kier alpha value is -1.43. The van der Waals surface area contributed by atoms with Crippen molar-refractivity contribution < 1.29 is 4.74 Å². The average Bonchev–Trinajstić information content (AvgIpc) is 3.00. The molecule has 1 atom stereocenters. The molecule has 6 nitrogen and oxygen atoms in total. The minimum absolute atomic E-state index is 0.313. The summed E-state index contributed by atoms with van der Waals surface area (Å²) in [6.07, 6.45) is 8.03. The van der Waals surface area contributed by atoms with E-state index < -0.39 is 0 Å². The summed E-state index contributed by atoms with van der Waals surface area (Å²) in [6, 6.07) is 0. The van der Waals surface area contributed by atoms with Crippen molar-refractivity contribution in [3.63, 3.8) is 0 Å². The molecule has 0 aliphatic carbocycles. The average molecular weight is 263 g/mol. The van der Waals surface area contributed by atoms with Crippen molar-refractivity contribution in [1.29, 1.82) is 0 Å². The third kappa shape index (κ3) is 3.32. The highest BCUT2D eigenvalue weighted by Crippen LogP contribution is 2.17. The molecule has 1 N–H and O–H groups in total. The molecular weight excluding hydrogens is 242 g/mol. The van der Waals surface area contributed by atoms with Gasteiger partial charge in [-0.25, -0.2) is 0 Å². The van der Waals surface area contributed by atoms with Gasteiger partial charge in [0.05, 0.1) is 12.3 Å². The first-order valence-electron chi connectivity index (χ1n) is 7.22. The molecular formula is C13H21N5O. The van der Waals surface area contributed by atoms with E-state index in [0.29, 0.717) is 6.10 Å². The molecule has 3 heterocycles. The fraction of sp³-hybridized carbons (Fsp3) is 0.769. The zero-order valence-corrected chi connectivity index (χ0v) is 11.2. The van der Waals surface area contributed by atoms with E-state index in [0.717, 1.165) is 50.8 Å². The zero-order chi connectivity index (χ0) is 12.9. The molecule has 2 aliphatic heterocycles. The summed E-state index contributed by atoms with van der Waals surface area (Å²) in [5.74, 6) is 1.54. The second kappa shape index (κ2) is 6.14. The van der Waals surface area contributed by atoms with Gasteiger partial charge in [0, 0.05) is 26.2 Å². The first-order chi connectivity index (χ1) is 9.42. The van der Waals surface area contributed by atoms with Gasteiger partial charge in [0.2, 0.25) is 5.95 Å². The monoisotopic (exact) mass is 263 g/mol. The van der Waals surface area contributed by atoms with Crippen LogP contribution in [0.5, 0.6) is 0 Å². The second-order valence-electron chi connectivity index (χ2n) is 5.21. The fourth-order valence-electron chi connectivity index (χ4n) is 2.63. The van der Waals surface area contributed by atoms with Crippen LogP contribution in [-0.4, -0.2) is 47.5 Å². The topological polar surface area (TPSA) is 63.2 Å². The molecule has 2 fully saturated rings. The van der Waals surface area contributed by atoms with Gasteiger partial charge in [-0.15, -0.1) is 5.10 Å². The summed E-state index contributed by atoms with van der Waals surface area (Å²) in [5, 5.41) is 11.5. The number of hydrogen-bond donors (Lipinski definition) is 1. The van der Waals surface area contributed by atoms with Crippen molar-refractivity contribution in [3.05, 3.63) is 6.20 Å². The Morgan fingerprint density at radius 1 is 1.26 bits per heavy atom. The van der Waals surface area contributed by atoms with Gasteiger partial charge >= 0.3 is 0 Å². The van der Waals surface area contributed by atoms with Crippen molar-refractivity contribution in [2.75, 3.05) is 36.5 Å².